The molecule has 0 saturated heterocycles. The Morgan fingerprint density at radius 2 is 1.30 bits per heavy atom. The Morgan fingerprint density at radius 1 is 0.719 bits per heavy atom. The lowest BCUT2D eigenvalue weighted by Gasteiger charge is -2.29. The van der Waals surface area contributed by atoms with E-state index in [9.17, 15) is 38.7 Å². The summed E-state index contributed by atoms with van der Waals surface area (Å²) >= 11 is 0. The number of imidazole rings is 1. The highest BCUT2D eigenvalue weighted by Gasteiger charge is 2.35. The summed E-state index contributed by atoms with van der Waals surface area (Å²) in [5.74, 6) is -7.33. The molecule has 3 rings (SSSR count). The van der Waals surface area contributed by atoms with Crippen molar-refractivity contribution in [3.8, 4) is 0 Å². The van der Waals surface area contributed by atoms with Gasteiger partial charge >= 0.3 is 11.9 Å². The number of H-pyrrole nitrogens is 2. The number of aromatic nitrogens is 3. The first-order chi connectivity index (χ1) is 26.9. The molecule has 0 aliphatic carbocycles. The van der Waals surface area contributed by atoms with Gasteiger partial charge in [0, 0.05) is 41.8 Å². The third-order valence-corrected chi connectivity index (χ3v) is 10.0. The van der Waals surface area contributed by atoms with Crippen LogP contribution in [0.5, 0.6) is 0 Å². The third kappa shape index (κ3) is 13.4. The molecule has 8 atom stereocenters. The van der Waals surface area contributed by atoms with Gasteiger partial charge in [-0.1, -0.05) is 72.6 Å². The first-order valence-electron chi connectivity index (χ1n) is 19.2. The van der Waals surface area contributed by atoms with Crippen molar-refractivity contribution in [1.82, 2.24) is 41.5 Å². The fourth-order valence-electron chi connectivity index (χ4n) is 6.18. The van der Waals surface area contributed by atoms with Crippen LogP contribution in [0.25, 0.3) is 10.9 Å². The number of benzene rings is 1. The van der Waals surface area contributed by atoms with Crippen molar-refractivity contribution in [3.05, 3.63) is 54.2 Å². The molecule has 0 bridgehead atoms. The fourth-order valence-corrected chi connectivity index (χ4v) is 6.18. The number of nitrogens with zero attached hydrogens (tertiary/aromatic N) is 1. The molecule has 5 amide bonds. The number of carboxylic acids is 2. The number of aliphatic carboxylic acids is 2. The van der Waals surface area contributed by atoms with E-state index in [1.165, 1.54) is 12.5 Å². The molecule has 2 heterocycles. The van der Waals surface area contributed by atoms with E-state index in [2.05, 4.69) is 41.5 Å². The number of nitrogens with two attached hydrogens (primary N) is 1. The van der Waals surface area contributed by atoms with E-state index < -0.39 is 84.1 Å². The molecular formula is C39H57N9O9. The highest BCUT2D eigenvalue weighted by atomic mass is 16.4. The van der Waals surface area contributed by atoms with Crippen LogP contribution in [0.4, 0.5) is 0 Å². The monoisotopic (exact) mass is 795 g/mol. The van der Waals surface area contributed by atoms with Gasteiger partial charge in [-0.2, -0.15) is 0 Å². The van der Waals surface area contributed by atoms with Crippen molar-refractivity contribution in [1.29, 1.82) is 0 Å². The van der Waals surface area contributed by atoms with E-state index in [-0.39, 0.29) is 37.0 Å². The van der Waals surface area contributed by atoms with Crippen LogP contribution in [0.15, 0.2) is 43.0 Å². The predicted molar refractivity (Wildman–Crippen MR) is 210 cm³/mol. The lowest BCUT2D eigenvalue weighted by molar-refractivity contribution is -0.147. The number of hydrogen-bond donors (Lipinski definition) is 10. The Hall–Kier alpha value is -5.78. The summed E-state index contributed by atoms with van der Waals surface area (Å²) in [7, 11) is 0. The maximum Gasteiger partial charge on any atom is 0.326 e. The molecule has 0 unspecified atom stereocenters. The quantitative estimate of drug-likeness (QED) is 0.0649. The van der Waals surface area contributed by atoms with Crippen LogP contribution in [-0.4, -0.2) is 103 Å². The van der Waals surface area contributed by atoms with Crippen LogP contribution >= 0.6 is 0 Å². The van der Waals surface area contributed by atoms with Gasteiger partial charge in [0.05, 0.1) is 18.8 Å². The Morgan fingerprint density at radius 3 is 1.88 bits per heavy atom. The molecule has 18 heteroatoms. The molecule has 57 heavy (non-hydrogen) atoms. The molecule has 1 aromatic carbocycles. The van der Waals surface area contributed by atoms with E-state index in [1.807, 2.05) is 45.0 Å². The maximum absolute atomic E-state index is 14.4. The average molecular weight is 796 g/mol. The minimum absolute atomic E-state index is 0.0218. The van der Waals surface area contributed by atoms with Gasteiger partial charge in [0.2, 0.25) is 29.5 Å². The lowest BCUT2D eigenvalue weighted by atomic mass is 9.95. The minimum Gasteiger partial charge on any atom is -0.481 e. The number of carboxylic acid groups (broad SMARTS) is 2. The number of aromatic amines is 2. The zero-order valence-corrected chi connectivity index (χ0v) is 33.3. The number of rotatable bonds is 23. The summed E-state index contributed by atoms with van der Waals surface area (Å²) in [6.07, 6.45) is 4.71. The molecule has 0 aliphatic heterocycles. The van der Waals surface area contributed by atoms with E-state index >= 15 is 0 Å². The largest absolute Gasteiger partial charge is 0.481 e. The molecule has 0 saturated carbocycles. The Labute approximate surface area is 331 Å². The zero-order chi connectivity index (χ0) is 42.4. The van der Waals surface area contributed by atoms with E-state index in [4.69, 9.17) is 10.8 Å². The standard InChI is InChI=1S/C39H57N9O9/c1-7-21(5)32(40)37(54)48-33(22(6)8-2)38(55)46-28(14-23-17-42-26-12-10-9-11-25(23)26)35(52)45-29(15-24-18-41-19-43-24)36(53)44-27(13-20(3)4)34(51)47-30(39(56)57)16-31(49)50/h9-12,17-22,27-30,32-33,42H,7-8,13-16,40H2,1-6H3,(H,41,43)(H,44,53)(H,45,52)(H,46,55)(H,47,51)(H,48,54)(H,49,50)(H,56,57)/t21-,22-,27-,28-,29+,30-,32-,33-/m0/s1. The number of amides is 5. The van der Waals surface area contributed by atoms with Crippen LogP contribution in [-0.2, 0) is 46.4 Å². The molecule has 18 nitrogen and oxygen atoms in total. The molecule has 0 fully saturated rings. The Bertz CT molecular complexity index is 1840. The number of fused-ring (bicyclic) bond motifs is 1. The molecular weight excluding hydrogens is 738 g/mol. The number of carbonyl (C=O) groups excluding carboxylic acids is 5. The molecule has 0 aliphatic rings. The molecule has 11 N–H and O–H groups in total. The zero-order valence-electron chi connectivity index (χ0n) is 33.3. The van der Waals surface area contributed by atoms with Gasteiger partial charge < -0.3 is 52.5 Å². The van der Waals surface area contributed by atoms with Crippen LogP contribution in [0.3, 0.4) is 0 Å². The summed E-state index contributed by atoms with van der Waals surface area (Å²) < 4.78 is 0. The molecule has 0 radical (unpaired) electrons. The van der Waals surface area contributed by atoms with E-state index in [0.29, 0.717) is 24.1 Å². The lowest BCUT2D eigenvalue weighted by Crippen LogP contribution is -2.61. The maximum atomic E-state index is 14.4. The first-order valence-corrected chi connectivity index (χ1v) is 19.2. The fraction of sp³-hybridized carbons (Fsp3) is 0.538. The van der Waals surface area contributed by atoms with Crippen LogP contribution in [0, 0.1) is 17.8 Å². The minimum atomic E-state index is -1.76. The normalized spacial score (nSPS) is 15.6. The summed E-state index contributed by atoms with van der Waals surface area (Å²) in [4.78, 5) is 102. The molecule has 312 valence electrons. The smallest absolute Gasteiger partial charge is 0.326 e. The van der Waals surface area contributed by atoms with Gasteiger partial charge in [-0.05, 0) is 35.8 Å². The second kappa shape index (κ2) is 21.5. The van der Waals surface area contributed by atoms with Crippen LogP contribution < -0.4 is 32.3 Å². The van der Waals surface area contributed by atoms with Crippen molar-refractivity contribution in [2.75, 3.05) is 0 Å². The number of nitrogens with one attached hydrogen (secondary N) is 7. The second-order valence-electron chi connectivity index (χ2n) is 14.9. The van der Waals surface area contributed by atoms with Crippen molar-refractivity contribution in [3.63, 3.8) is 0 Å². The molecule has 3 aromatic rings. The molecule has 0 spiro atoms. The summed E-state index contributed by atoms with van der Waals surface area (Å²) in [5.41, 5.74) is 8.12. The Balaban J connectivity index is 1.97. The van der Waals surface area contributed by atoms with Gasteiger partial charge in [0.25, 0.3) is 0 Å². The highest BCUT2D eigenvalue weighted by Crippen LogP contribution is 2.20. The van der Waals surface area contributed by atoms with E-state index in [0.717, 1.165) is 10.9 Å². The summed E-state index contributed by atoms with van der Waals surface area (Å²) in [5, 5.41) is 32.6. The SMILES string of the molecule is CC[C@H](C)[C@H](N)C(=O)N[C@H](C(=O)N[C@@H](Cc1c[nH]c2ccccc12)C(=O)N[C@H](Cc1cnc[nH]1)C(=O)N[C@@H](CC(C)C)C(=O)N[C@@H](CC(=O)O)C(=O)O)[C@@H](C)CC. The van der Waals surface area contributed by atoms with Gasteiger partial charge in [0.1, 0.15) is 30.2 Å². The van der Waals surface area contributed by atoms with E-state index in [1.54, 1.807) is 27.0 Å². The van der Waals surface area contributed by atoms with Crippen molar-refractivity contribution in [2.24, 2.45) is 23.5 Å². The predicted octanol–water partition coefficient (Wildman–Crippen LogP) is 1.13. The third-order valence-electron chi connectivity index (χ3n) is 10.0. The summed E-state index contributed by atoms with van der Waals surface area (Å²) in [6, 6.07) is -0.218. The number of hydrogen-bond acceptors (Lipinski definition) is 9. The van der Waals surface area contributed by atoms with Gasteiger partial charge in [-0.25, -0.2) is 9.78 Å². The van der Waals surface area contributed by atoms with Gasteiger partial charge in [0.15, 0.2) is 0 Å². The second-order valence-corrected chi connectivity index (χ2v) is 14.9. The molecule has 2 aromatic heterocycles. The van der Waals surface area contributed by atoms with Crippen molar-refractivity contribution >= 4 is 52.4 Å². The first kappa shape index (κ1) is 45.6. The highest BCUT2D eigenvalue weighted by molar-refractivity contribution is 5.97. The number of carbonyl (C=O) groups is 7. The van der Waals surface area contributed by atoms with Crippen LogP contribution in [0.1, 0.15) is 78.5 Å². The van der Waals surface area contributed by atoms with Crippen molar-refractivity contribution in [2.45, 2.75) is 116 Å². The Kier molecular flexibility index (Phi) is 17.2. The van der Waals surface area contributed by atoms with Crippen LogP contribution in [0.2, 0.25) is 0 Å². The van der Waals surface area contributed by atoms with Gasteiger partial charge in [-0.3, -0.25) is 28.8 Å². The van der Waals surface area contributed by atoms with Gasteiger partial charge in [-0.15, -0.1) is 0 Å². The summed E-state index contributed by atoms with van der Waals surface area (Å²) in [6.45, 7) is 10.9. The topological polar surface area (TPSA) is 291 Å². The van der Waals surface area contributed by atoms with Crippen molar-refractivity contribution < 1.29 is 43.8 Å². The number of para-hydroxylation sites is 1. The average Bonchev–Trinajstić information content (AvgIpc) is 3.84.